The predicted molar refractivity (Wildman–Crippen MR) is 85.1 cm³/mol. The molecule has 0 aromatic heterocycles. The molecule has 0 bridgehead atoms. The van der Waals surface area contributed by atoms with E-state index in [4.69, 9.17) is 0 Å². The van der Waals surface area contributed by atoms with E-state index in [-0.39, 0.29) is 11.4 Å². The number of carbonyl (C=O) groups is 1. The average molecular weight is 340 g/mol. The van der Waals surface area contributed by atoms with Crippen LogP contribution in [0.2, 0.25) is 0 Å². The van der Waals surface area contributed by atoms with Gasteiger partial charge < -0.3 is 0 Å². The fourth-order valence-electron chi connectivity index (χ4n) is 1.87. The van der Waals surface area contributed by atoms with Crippen molar-refractivity contribution in [3.63, 3.8) is 0 Å². The van der Waals surface area contributed by atoms with Gasteiger partial charge in [-0.2, -0.15) is 13.2 Å². The Morgan fingerprint density at radius 1 is 1.09 bits per heavy atom. The largest absolute Gasteiger partial charge is 0.418 e. The number of aryl methyl sites for hydroxylation is 1. The Morgan fingerprint density at radius 3 is 2.43 bits per heavy atom. The van der Waals surface area contributed by atoms with Crippen molar-refractivity contribution in [1.82, 2.24) is 5.43 Å². The Balaban J connectivity index is 1.92. The zero-order valence-electron chi connectivity index (χ0n) is 12.3. The third kappa shape index (κ3) is 4.92. The van der Waals surface area contributed by atoms with Gasteiger partial charge in [-0.05, 0) is 30.7 Å². The number of benzene rings is 2. The molecular formula is C16H15F3N2OS. The first-order valence-corrected chi connectivity index (χ1v) is 7.76. The number of carbonyl (C=O) groups excluding carboxylic acids is 1. The monoisotopic (exact) mass is 340 g/mol. The molecule has 1 amide bonds. The molecule has 7 heteroatoms. The van der Waals surface area contributed by atoms with Crippen molar-refractivity contribution in [2.45, 2.75) is 18.0 Å². The number of alkyl halides is 3. The number of hydrazine groups is 1. The Labute approximate surface area is 136 Å². The van der Waals surface area contributed by atoms with Crippen LogP contribution in [-0.4, -0.2) is 11.7 Å². The molecule has 0 saturated heterocycles. The van der Waals surface area contributed by atoms with Gasteiger partial charge in [-0.3, -0.25) is 15.6 Å². The minimum atomic E-state index is -4.48. The van der Waals surface area contributed by atoms with Crippen molar-refractivity contribution in [2.75, 3.05) is 11.2 Å². The van der Waals surface area contributed by atoms with Gasteiger partial charge >= 0.3 is 6.18 Å². The predicted octanol–water partition coefficient (Wildman–Crippen LogP) is 4.25. The van der Waals surface area contributed by atoms with Crippen molar-refractivity contribution in [3.05, 3.63) is 59.7 Å². The summed E-state index contributed by atoms with van der Waals surface area (Å²) in [7, 11) is 0. The first kappa shape index (κ1) is 17.2. The first-order valence-electron chi connectivity index (χ1n) is 6.77. The second-order valence-electron chi connectivity index (χ2n) is 4.77. The van der Waals surface area contributed by atoms with Crippen LogP contribution in [0.4, 0.5) is 18.9 Å². The molecule has 23 heavy (non-hydrogen) atoms. The van der Waals surface area contributed by atoms with Gasteiger partial charge in [0, 0.05) is 4.90 Å². The topological polar surface area (TPSA) is 41.1 Å². The van der Waals surface area contributed by atoms with Crippen molar-refractivity contribution < 1.29 is 18.0 Å². The maximum atomic E-state index is 12.8. The number of rotatable bonds is 5. The molecule has 2 aromatic rings. The summed E-state index contributed by atoms with van der Waals surface area (Å²) in [4.78, 5) is 12.7. The van der Waals surface area contributed by atoms with Crippen LogP contribution in [-0.2, 0) is 11.0 Å². The molecular weight excluding hydrogens is 325 g/mol. The highest BCUT2D eigenvalue weighted by Crippen LogP contribution is 2.34. The van der Waals surface area contributed by atoms with Gasteiger partial charge in [-0.15, -0.1) is 11.8 Å². The summed E-state index contributed by atoms with van der Waals surface area (Å²) in [6, 6.07) is 12.6. The molecule has 0 atom stereocenters. The molecule has 2 N–H and O–H groups in total. The van der Waals surface area contributed by atoms with Crippen LogP contribution >= 0.6 is 11.8 Å². The Hall–Kier alpha value is -2.15. The van der Waals surface area contributed by atoms with Crippen LogP contribution < -0.4 is 10.9 Å². The number of amides is 1. The van der Waals surface area contributed by atoms with Gasteiger partial charge in [0.15, 0.2) is 0 Å². The highest BCUT2D eigenvalue weighted by molar-refractivity contribution is 8.00. The molecule has 0 spiro atoms. The average Bonchev–Trinajstić information content (AvgIpc) is 2.51. The number of halogens is 3. The second kappa shape index (κ2) is 7.41. The summed E-state index contributed by atoms with van der Waals surface area (Å²) in [6.07, 6.45) is -4.48. The fraction of sp³-hybridized carbons (Fsp3) is 0.188. The highest BCUT2D eigenvalue weighted by Gasteiger charge is 2.33. The van der Waals surface area contributed by atoms with E-state index in [0.29, 0.717) is 0 Å². The molecule has 0 fully saturated rings. The lowest BCUT2D eigenvalue weighted by Crippen LogP contribution is -2.31. The summed E-state index contributed by atoms with van der Waals surface area (Å²) >= 11 is 1.33. The van der Waals surface area contributed by atoms with Gasteiger partial charge in [0.2, 0.25) is 5.91 Å². The first-order chi connectivity index (χ1) is 10.9. The van der Waals surface area contributed by atoms with E-state index in [1.165, 1.54) is 30.0 Å². The Kier molecular flexibility index (Phi) is 5.54. The number of nitrogens with one attached hydrogen (secondary N) is 2. The molecule has 3 nitrogen and oxygen atoms in total. The number of anilines is 1. The molecule has 0 aliphatic carbocycles. The maximum Gasteiger partial charge on any atom is 0.418 e. The summed E-state index contributed by atoms with van der Waals surface area (Å²) in [5.74, 6) is -0.304. The van der Waals surface area contributed by atoms with E-state index < -0.39 is 17.6 Å². The van der Waals surface area contributed by atoms with E-state index in [1.54, 1.807) is 0 Å². The lowest BCUT2D eigenvalue weighted by Gasteiger charge is -2.15. The molecule has 0 heterocycles. The smallest absolute Gasteiger partial charge is 0.298 e. The van der Waals surface area contributed by atoms with E-state index in [9.17, 15) is 18.0 Å². The van der Waals surface area contributed by atoms with Gasteiger partial charge in [0.05, 0.1) is 17.0 Å². The second-order valence-corrected chi connectivity index (χ2v) is 5.79. The minimum absolute atomic E-state index is 0.103. The summed E-state index contributed by atoms with van der Waals surface area (Å²) in [5.41, 5.74) is 4.66. The third-order valence-corrected chi connectivity index (χ3v) is 4.20. The molecule has 122 valence electrons. The van der Waals surface area contributed by atoms with Crippen molar-refractivity contribution in [3.8, 4) is 0 Å². The number of hydrogen-bond acceptors (Lipinski definition) is 3. The molecule has 2 rings (SSSR count). The zero-order chi connectivity index (χ0) is 16.9. The standard InChI is InChI=1S/C16H15F3N2OS/c1-11-6-2-5-9-14(11)23-10-15(22)21-20-13-8-4-3-7-12(13)16(17,18)19/h2-9,20H,10H2,1H3,(H,21,22). The number of thioether (sulfide) groups is 1. The quantitative estimate of drug-likeness (QED) is 0.631. The molecule has 0 aliphatic rings. The maximum absolute atomic E-state index is 12.8. The molecule has 0 aliphatic heterocycles. The van der Waals surface area contributed by atoms with Gasteiger partial charge in [-0.1, -0.05) is 30.3 Å². The van der Waals surface area contributed by atoms with Gasteiger partial charge in [0.25, 0.3) is 0 Å². The number of hydrogen-bond donors (Lipinski definition) is 2. The highest BCUT2D eigenvalue weighted by atomic mass is 32.2. The summed E-state index contributed by atoms with van der Waals surface area (Å²) in [6.45, 7) is 1.93. The normalized spacial score (nSPS) is 11.1. The van der Waals surface area contributed by atoms with Gasteiger partial charge in [-0.25, -0.2) is 0 Å². The fourth-order valence-corrected chi connectivity index (χ4v) is 2.70. The van der Waals surface area contributed by atoms with Crippen LogP contribution in [0, 0.1) is 6.92 Å². The third-order valence-electron chi connectivity index (χ3n) is 3.02. The zero-order valence-corrected chi connectivity index (χ0v) is 13.1. The van der Waals surface area contributed by atoms with Crippen LogP contribution in [0.15, 0.2) is 53.4 Å². The van der Waals surface area contributed by atoms with Crippen molar-refractivity contribution in [1.29, 1.82) is 0 Å². The van der Waals surface area contributed by atoms with Crippen LogP contribution in [0.3, 0.4) is 0 Å². The molecule has 0 saturated carbocycles. The van der Waals surface area contributed by atoms with Crippen molar-refractivity contribution in [2.24, 2.45) is 0 Å². The van der Waals surface area contributed by atoms with Crippen LogP contribution in [0.25, 0.3) is 0 Å². The summed E-state index contributed by atoms with van der Waals surface area (Å²) in [5, 5.41) is 0. The SMILES string of the molecule is Cc1ccccc1SCC(=O)NNc1ccccc1C(F)(F)F. The molecule has 0 radical (unpaired) electrons. The Morgan fingerprint density at radius 2 is 1.74 bits per heavy atom. The van der Waals surface area contributed by atoms with E-state index in [0.717, 1.165) is 16.5 Å². The van der Waals surface area contributed by atoms with E-state index >= 15 is 0 Å². The van der Waals surface area contributed by atoms with Gasteiger partial charge in [0.1, 0.15) is 0 Å². The minimum Gasteiger partial charge on any atom is -0.298 e. The molecule has 0 unspecified atom stereocenters. The van der Waals surface area contributed by atoms with E-state index in [2.05, 4.69) is 10.9 Å². The summed E-state index contributed by atoms with van der Waals surface area (Å²) < 4.78 is 38.5. The lowest BCUT2D eigenvalue weighted by atomic mass is 10.2. The van der Waals surface area contributed by atoms with Crippen LogP contribution in [0.1, 0.15) is 11.1 Å². The lowest BCUT2D eigenvalue weighted by molar-refractivity contribution is -0.137. The van der Waals surface area contributed by atoms with E-state index in [1.807, 2.05) is 31.2 Å². The van der Waals surface area contributed by atoms with Crippen LogP contribution in [0.5, 0.6) is 0 Å². The van der Waals surface area contributed by atoms with Crippen molar-refractivity contribution >= 4 is 23.4 Å². The number of para-hydroxylation sites is 1. The molecule has 2 aromatic carbocycles. The Bertz CT molecular complexity index is 689.